The van der Waals surface area contributed by atoms with Gasteiger partial charge >= 0.3 is 0 Å². The van der Waals surface area contributed by atoms with Crippen molar-refractivity contribution in [1.82, 2.24) is 9.88 Å². The third kappa shape index (κ3) is 4.02. The molecule has 1 atom stereocenters. The van der Waals surface area contributed by atoms with Gasteiger partial charge in [0.05, 0.1) is 12.5 Å². The van der Waals surface area contributed by atoms with Crippen LogP contribution in [-0.4, -0.2) is 27.4 Å². The van der Waals surface area contributed by atoms with Crippen molar-refractivity contribution in [3.8, 4) is 5.75 Å². The lowest BCUT2D eigenvalue weighted by Gasteiger charge is -2.29. The molecule has 7 heteroatoms. The van der Waals surface area contributed by atoms with E-state index in [2.05, 4.69) is 11.1 Å². The number of H-pyrrole nitrogens is 1. The fourth-order valence-electron chi connectivity index (χ4n) is 4.63. The number of aromatic nitrogens is 1. The number of amides is 1. The molecule has 33 heavy (non-hydrogen) atoms. The number of carbonyl (C=O) groups is 1. The lowest BCUT2D eigenvalue weighted by Crippen LogP contribution is -2.36. The number of aromatic hydroxyl groups is 1. The smallest absolute Gasteiger partial charge is 0.227 e. The van der Waals surface area contributed by atoms with E-state index < -0.39 is 17.1 Å². The van der Waals surface area contributed by atoms with Crippen LogP contribution in [0.15, 0.2) is 63.8 Å². The molecule has 0 aliphatic carbocycles. The number of benzene rings is 2. The second-order valence-electron chi connectivity index (χ2n) is 8.44. The van der Waals surface area contributed by atoms with E-state index in [0.29, 0.717) is 23.9 Å². The first-order valence-corrected chi connectivity index (χ1v) is 11.2. The van der Waals surface area contributed by atoms with Crippen LogP contribution in [0, 0.1) is 6.92 Å². The van der Waals surface area contributed by atoms with E-state index in [-0.39, 0.29) is 18.1 Å². The van der Waals surface area contributed by atoms with Crippen LogP contribution in [0.2, 0.25) is 5.02 Å². The van der Waals surface area contributed by atoms with E-state index >= 15 is 0 Å². The van der Waals surface area contributed by atoms with E-state index in [1.807, 2.05) is 23.1 Å². The number of nitrogens with zero attached hydrogens (tertiary/aromatic N) is 1. The van der Waals surface area contributed by atoms with Crippen molar-refractivity contribution in [3.63, 3.8) is 0 Å². The lowest BCUT2D eigenvalue weighted by atomic mass is 9.91. The second kappa shape index (κ2) is 8.45. The summed E-state index contributed by atoms with van der Waals surface area (Å²) in [5.41, 5.74) is 3.58. The van der Waals surface area contributed by atoms with Gasteiger partial charge in [0, 0.05) is 40.7 Å². The van der Waals surface area contributed by atoms with Crippen molar-refractivity contribution < 1.29 is 14.3 Å². The average Bonchev–Trinajstić information content (AvgIpc) is 3.18. The molecule has 0 spiro atoms. The summed E-state index contributed by atoms with van der Waals surface area (Å²) < 4.78 is 5.76. The molecule has 1 amide bonds. The van der Waals surface area contributed by atoms with Crippen LogP contribution in [0.4, 0.5) is 0 Å². The molecule has 1 aliphatic heterocycles. The minimum Gasteiger partial charge on any atom is -0.502 e. The largest absolute Gasteiger partial charge is 0.502 e. The molecule has 3 heterocycles. The van der Waals surface area contributed by atoms with Crippen LogP contribution in [0.5, 0.6) is 5.75 Å². The Balaban J connectivity index is 1.46. The summed E-state index contributed by atoms with van der Waals surface area (Å²) in [7, 11) is 0. The minimum absolute atomic E-state index is 0.0527. The number of aromatic amines is 1. The van der Waals surface area contributed by atoms with Crippen molar-refractivity contribution >= 4 is 28.4 Å². The van der Waals surface area contributed by atoms with Gasteiger partial charge in [-0.15, -0.1) is 0 Å². The van der Waals surface area contributed by atoms with E-state index in [0.717, 1.165) is 23.2 Å². The summed E-state index contributed by atoms with van der Waals surface area (Å²) in [6, 6.07) is 16.4. The summed E-state index contributed by atoms with van der Waals surface area (Å²) >= 11 is 6.05. The zero-order valence-electron chi connectivity index (χ0n) is 18.1. The number of halogens is 1. The fourth-order valence-corrected chi connectivity index (χ4v) is 4.75. The number of rotatable bonds is 4. The van der Waals surface area contributed by atoms with Crippen molar-refractivity contribution in [2.75, 3.05) is 6.54 Å². The number of aryl methyl sites for hydroxylation is 1. The molecule has 2 N–H and O–H groups in total. The number of para-hydroxylation sites is 1. The lowest BCUT2D eigenvalue weighted by molar-refractivity contribution is -0.132. The van der Waals surface area contributed by atoms with E-state index in [4.69, 9.17) is 16.0 Å². The van der Waals surface area contributed by atoms with Gasteiger partial charge in [0.1, 0.15) is 5.76 Å². The summed E-state index contributed by atoms with van der Waals surface area (Å²) in [4.78, 5) is 30.9. The van der Waals surface area contributed by atoms with Gasteiger partial charge in [0.2, 0.25) is 17.1 Å². The molecule has 6 nitrogen and oxygen atoms in total. The molecule has 0 unspecified atom stereocenters. The maximum atomic E-state index is 13.4. The second-order valence-corrected chi connectivity index (χ2v) is 8.87. The van der Waals surface area contributed by atoms with Crippen molar-refractivity contribution in [1.29, 1.82) is 0 Å². The van der Waals surface area contributed by atoms with Crippen LogP contribution in [0.3, 0.4) is 0 Å². The normalized spacial score (nSPS) is 14.3. The Hall–Kier alpha value is -3.51. The van der Waals surface area contributed by atoms with E-state index in [9.17, 15) is 14.7 Å². The number of hydrogen-bond acceptors (Lipinski definition) is 4. The monoisotopic (exact) mass is 462 g/mol. The zero-order chi connectivity index (χ0) is 23.1. The SMILES string of the molecule is Cc1cc(=O)c(O)c([C@H](CC(=O)N2CCc3c([nH]c4ccccc34)C2)c2ccc(Cl)cc2)o1. The van der Waals surface area contributed by atoms with Crippen LogP contribution < -0.4 is 5.43 Å². The Morgan fingerprint density at radius 1 is 1.21 bits per heavy atom. The van der Waals surface area contributed by atoms with E-state index in [1.54, 1.807) is 31.2 Å². The first kappa shape index (κ1) is 21.3. The molecule has 0 saturated carbocycles. The predicted octanol–water partition coefficient (Wildman–Crippen LogP) is 4.90. The van der Waals surface area contributed by atoms with Gasteiger partial charge < -0.3 is 19.4 Å². The third-order valence-electron chi connectivity index (χ3n) is 6.28. The van der Waals surface area contributed by atoms with Gasteiger partial charge in [-0.25, -0.2) is 0 Å². The summed E-state index contributed by atoms with van der Waals surface area (Å²) in [6.07, 6.45) is 0.818. The van der Waals surface area contributed by atoms with Crippen molar-refractivity contribution in [3.05, 3.63) is 98.2 Å². The molecule has 1 aliphatic rings. The maximum Gasteiger partial charge on any atom is 0.227 e. The molecule has 4 aromatic rings. The van der Waals surface area contributed by atoms with Crippen molar-refractivity contribution in [2.24, 2.45) is 0 Å². The van der Waals surface area contributed by atoms with Crippen LogP contribution >= 0.6 is 11.6 Å². The van der Waals surface area contributed by atoms with Crippen molar-refractivity contribution in [2.45, 2.75) is 32.2 Å². The molecular weight excluding hydrogens is 440 g/mol. The van der Waals surface area contributed by atoms with Gasteiger partial charge in [-0.1, -0.05) is 41.9 Å². The Bertz CT molecular complexity index is 1400. The molecule has 0 saturated heterocycles. The Morgan fingerprint density at radius 3 is 2.76 bits per heavy atom. The standard InChI is InChI=1S/C26H23ClN2O4/c1-15-12-23(30)25(32)26(33-15)20(16-6-8-17(27)9-7-16)13-24(31)29-11-10-19-18-4-2-3-5-21(18)28-22(19)14-29/h2-9,12,20,28,32H,10-11,13-14H2,1H3/t20-/m1/s1. The number of nitrogens with one attached hydrogen (secondary N) is 1. The fraction of sp³-hybridized carbons (Fsp3) is 0.231. The summed E-state index contributed by atoms with van der Waals surface area (Å²) in [5.74, 6) is -0.696. The quantitative estimate of drug-likeness (QED) is 0.452. The highest BCUT2D eigenvalue weighted by Gasteiger charge is 2.30. The predicted molar refractivity (Wildman–Crippen MR) is 127 cm³/mol. The maximum absolute atomic E-state index is 13.4. The third-order valence-corrected chi connectivity index (χ3v) is 6.53. The highest BCUT2D eigenvalue weighted by molar-refractivity contribution is 6.30. The molecule has 0 bridgehead atoms. The highest BCUT2D eigenvalue weighted by Crippen LogP contribution is 2.35. The Morgan fingerprint density at radius 2 is 1.97 bits per heavy atom. The number of fused-ring (bicyclic) bond motifs is 3. The van der Waals surface area contributed by atoms with Gasteiger partial charge in [0.25, 0.3) is 0 Å². The topological polar surface area (TPSA) is 86.5 Å². The Labute approximate surface area is 195 Å². The van der Waals surface area contributed by atoms with E-state index in [1.165, 1.54) is 17.0 Å². The molecular formula is C26H23ClN2O4. The van der Waals surface area contributed by atoms with Gasteiger partial charge in [0.15, 0.2) is 5.76 Å². The summed E-state index contributed by atoms with van der Waals surface area (Å²) in [6.45, 7) is 2.73. The first-order valence-electron chi connectivity index (χ1n) is 10.9. The first-order chi connectivity index (χ1) is 15.9. The Kier molecular flexibility index (Phi) is 5.46. The summed E-state index contributed by atoms with van der Waals surface area (Å²) in [5, 5.41) is 12.2. The molecule has 0 fully saturated rings. The average molecular weight is 463 g/mol. The number of hydrogen-bond donors (Lipinski definition) is 2. The number of carbonyl (C=O) groups excluding carboxylic acids is 1. The van der Waals surface area contributed by atoms with Gasteiger partial charge in [-0.2, -0.15) is 0 Å². The molecule has 2 aromatic heterocycles. The molecule has 2 aromatic carbocycles. The molecule has 0 radical (unpaired) electrons. The van der Waals surface area contributed by atoms with Crippen LogP contribution in [-0.2, 0) is 17.8 Å². The molecule has 5 rings (SSSR count). The molecule has 168 valence electrons. The minimum atomic E-state index is -0.619. The van der Waals surface area contributed by atoms with Gasteiger partial charge in [-0.3, -0.25) is 9.59 Å². The van der Waals surface area contributed by atoms with Crippen LogP contribution in [0.25, 0.3) is 10.9 Å². The van der Waals surface area contributed by atoms with Crippen LogP contribution in [0.1, 0.15) is 40.7 Å². The van der Waals surface area contributed by atoms with Gasteiger partial charge in [-0.05, 0) is 42.7 Å². The zero-order valence-corrected chi connectivity index (χ0v) is 18.9. The highest BCUT2D eigenvalue weighted by atomic mass is 35.5.